The van der Waals surface area contributed by atoms with Crippen LogP contribution < -0.4 is 0 Å². The third kappa shape index (κ3) is 3.35. The highest BCUT2D eigenvalue weighted by Crippen LogP contribution is 2.29. The molecule has 0 unspecified atom stereocenters. The van der Waals surface area contributed by atoms with E-state index in [1.54, 1.807) is 12.1 Å². The summed E-state index contributed by atoms with van der Waals surface area (Å²) < 4.78 is 6.14. The Kier molecular flexibility index (Phi) is 3.84. The summed E-state index contributed by atoms with van der Waals surface area (Å²) in [4.78, 5) is 18.7. The van der Waals surface area contributed by atoms with Crippen LogP contribution in [-0.2, 0) is 10.0 Å². The molecule has 0 spiro atoms. The first-order valence-electron chi connectivity index (χ1n) is 6.81. The van der Waals surface area contributed by atoms with E-state index in [9.17, 15) is 4.79 Å². The predicted octanol–water partition coefficient (Wildman–Crippen LogP) is 2.93. The van der Waals surface area contributed by atoms with E-state index in [0.717, 1.165) is 23.1 Å². The smallest absolute Gasteiger partial charge is 0.168 e. The Morgan fingerprint density at radius 1 is 1.25 bits per heavy atom. The monoisotopic (exact) mass is 290 g/mol. The zero-order valence-electron chi connectivity index (χ0n) is 12.8. The number of aromatic amines is 1. The van der Waals surface area contributed by atoms with Crippen molar-refractivity contribution in [3.05, 3.63) is 29.6 Å². The van der Waals surface area contributed by atoms with Crippen LogP contribution in [0.2, 0.25) is 5.04 Å². The molecule has 0 amide bonds. The Hall–Kier alpha value is -1.46. The molecule has 1 N–H and O–H groups in total. The van der Waals surface area contributed by atoms with Gasteiger partial charge < -0.3 is 9.41 Å². The third-order valence-corrected chi connectivity index (χ3v) is 4.81. The number of carbonyl (C=O) groups is 1. The van der Waals surface area contributed by atoms with Gasteiger partial charge in [-0.25, -0.2) is 4.98 Å². The number of benzene rings is 1. The lowest BCUT2D eigenvalue weighted by Gasteiger charge is -2.28. The fourth-order valence-electron chi connectivity index (χ4n) is 1.85. The molecular formula is C15H22N2O2Si. The van der Waals surface area contributed by atoms with Crippen LogP contribution in [0.1, 0.15) is 50.8 Å². The Morgan fingerprint density at radius 3 is 2.55 bits per heavy atom. The molecule has 0 aliphatic heterocycles. The lowest BCUT2D eigenvalue weighted by molar-refractivity contribution is 0.100. The van der Waals surface area contributed by atoms with E-state index in [1.165, 1.54) is 0 Å². The molecule has 0 saturated heterocycles. The van der Waals surface area contributed by atoms with E-state index >= 15 is 0 Å². The van der Waals surface area contributed by atoms with E-state index in [4.69, 9.17) is 4.43 Å². The predicted molar refractivity (Wildman–Crippen MR) is 83.9 cm³/mol. The van der Waals surface area contributed by atoms with Gasteiger partial charge in [-0.15, -0.1) is 0 Å². The number of carbonyl (C=O) groups excluding carboxylic acids is 1. The van der Waals surface area contributed by atoms with Crippen LogP contribution in [0, 0.1) is 0 Å². The molecule has 5 heteroatoms. The Morgan fingerprint density at radius 2 is 1.95 bits per heavy atom. The maximum Gasteiger partial charge on any atom is 0.168 e. The standard InChI is InChI=1S/C15H22N2O2Si/c1-14(2,3)20-19-15(4,5)13-16-11-7-6-10(9-18)8-12(11)17-13/h6-9H,20H2,1-5H3,(H,16,17). The van der Waals surface area contributed by atoms with Crippen molar-refractivity contribution >= 4 is 27.1 Å². The van der Waals surface area contributed by atoms with Crippen molar-refractivity contribution in [3.63, 3.8) is 0 Å². The molecule has 4 nitrogen and oxygen atoms in total. The van der Waals surface area contributed by atoms with Crippen molar-refractivity contribution in [3.8, 4) is 0 Å². The second-order valence-corrected chi connectivity index (χ2v) is 9.54. The van der Waals surface area contributed by atoms with Gasteiger partial charge in [0.1, 0.15) is 17.7 Å². The highest BCUT2D eigenvalue weighted by Gasteiger charge is 2.27. The molecule has 1 heterocycles. The van der Waals surface area contributed by atoms with Crippen LogP contribution in [0.15, 0.2) is 18.2 Å². The molecule has 20 heavy (non-hydrogen) atoms. The Balaban J connectivity index is 2.29. The molecule has 0 radical (unpaired) electrons. The van der Waals surface area contributed by atoms with E-state index in [-0.39, 0.29) is 5.04 Å². The second-order valence-electron chi connectivity index (χ2n) is 6.84. The minimum Gasteiger partial charge on any atom is -0.411 e. The second kappa shape index (κ2) is 5.14. The van der Waals surface area contributed by atoms with E-state index in [0.29, 0.717) is 5.56 Å². The van der Waals surface area contributed by atoms with Gasteiger partial charge >= 0.3 is 0 Å². The first-order valence-corrected chi connectivity index (χ1v) is 8.09. The molecule has 0 aliphatic rings. The third-order valence-electron chi connectivity index (χ3n) is 3.08. The molecule has 0 fully saturated rings. The van der Waals surface area contributed by atoms with Gasteiger partial charge in [0, 0.05) is 5.56 Å². The van der Waals surface area contributed by atoms with Crippen molar-refractivity contribution in [2.75, 3.05) is 0 Å². The number of hydrogen-bond acceptors (Lipinski definition) is 3. The van der Waals surface area contributed by atoms with Gasteiger partial charge in [0.2, 0.25) is 0 Å². The minimum absolute atomic E-state index is 0.244. The summed E-state index contributed by atoms with van der Waals surface area (Å²) in [5.74, 6) is 0.812. The summed E-state index contributed by atoms with van der Waals surface area (Å²) in [5, 5.41) is 0.244. The normalized spacial score (nSPS) is 13.4. The van der Waals surface area contributed by atoms with Crippen molar-refractivity contribution < 1.29 is 9.22 Å². The van der Waals surface area contributed by atoms with E-state index in [2.05, 4.69) is 30.7 Å². The number of fused-ring (bicyclic) bond motifs is 1. The zero-order valence-corrected chi connectivity index (χ0v) is 14.2. The molecule has 2 aromatic rings. The van der Waals surface area contributed by atoms with Gasteiger partial charge in [-0.1, -0.05) is 20.8 Å². The first kappa shape index (κ1) is 14.9. The maximum absolute atomic E-state index is 10.8. The van der Waals surface area contributed by atoms with Crippen LogP contribution in [0.25, 0.3) is 11.0 Å². The van der Waals surface area contributed by atoms with Gasteiger partial charge in [-0.3, -0.25) is 4.79 Å². The summed E-state index contributed by atoms with van der Waals surface area (Å²) in [6.07, 6.45) is 0.835. The summed E-state index contributed by atoms with van der Waals surface area (Å²) in [7, 11) is -0.663. The number of imidazole rings is 1. The summed E-state index contributed by atoms with van der Waals surface area (Å²) in [6, 6.07) is 5.46. The molecule has 0 saturated carbocycles. The molecular weight excluding hydrogens is 268 g/mol. The molecule has 1 aromatic carbocycles. The number of H-pyrrole nitrogens is 1. The molecule has 0 atom stereocenters. The average Bonchev–Trinajstić information content (AvgIpc) is 2.79. The first-order chi connectivity index (χ1) is 9.21. The number of aldehydes is 1. The van der Waals surface area contributed by atoms with Crippen LogP contribution in [0.5, 0.6) is 0 Å². The SMILES string of the molecule is CC(C)(C)[SiH2]OC(C)(C)c1nc2cc(C=O)ccc2[nH]1. The lowest BCUT2D eigenvalue weighted by atomic mass is 10.1. The van der Waals surface area contributed by atoms with Crippen molar-refractivity contribution in [1.29, 1.82) is 0 Å². The zero-order chi connectivity index (χ0) is 15.0. The van der Waals surface area contributed by atoms with E-state index < -0.39 is 15.4 Å². The van der Waals surface area contributed by atoms with Crippen molar-refractivity contribution in [2.45, 2.75) is 45.3 Å². The Labute approximate surface area is 121 Å². The van der Waals surface area contributed by atoms with Crippen molar-refractivity contribution in [1.82, 2.24) is 9.97 Å². The highest BCUT2D eigenvalue weighted by molar-refractivity contribution is 6.31. The van der Waals surface area contributed by atoms with Crippen LogP contribution in [0.3, 0.4) is 0 Å². The number of rotatable bonds is 4. The Bertz CT molecular complexity index is 626. The fourth-order valence-corrected chi connectivity index (χ4v) is 2.78. The highest BCUT2D eigenvalue weighted by atomic mass is 28.2. The van der Waals surface area contributed by atoms with Crippen molar-refractivity contribution in [2.24, 2.45) is 0 Å². The van der Waals surface area contributed by atoms with Gasteiger partial charge in [0.05, 0.1) is 11.0 Å². The van der Waals surface area contributed by atoms with Gasteiger partial charge in [0.15, 0.2) is 9.76 Å². The van der Waals surface area contributed by atoms with Gasteiger partial charge in [-0.05, 0) is 37.1 Å². The fraction of sp³-hybridized carbons (Fsp3) is 0.467. The van der Waals surface area contributed by atoms with Crippen LogP contribution in [-0.4, -0.2) is 26.0 Å². The molecule has 108 valence electrons. The van der Waals surface area contributed by atoms with Gasteiger partial charge in [0.25, 0.3) is 0 Å². The minimum atomic E-state index is -0.663. The summed E-state index contributed by atoms with van der Waals surface area (Å²) >= 11 is 0. The largest absolute Gasteiger partial charge is 0.411 e. The number of nitrogens with zero attached hydrogens (tertiary/aromatic N) is 1. The summed E-state index contributed by atoms with van der Waals surface area (Å²) in [6.45, 7) is 10.7. The average molecular weight is 290 g/mol. The number of aromatic nitrogens is 2. The summed E-state index contributed by atoms with van der Waals surface area (Å²) in [5.41, 5.74) is 1.94. The molecule has 2 rings (SSSR count). The van der Waals surface area contributed by atoms with Crippen LogP contribution in [0.4, 0.5) is 0 Å². The topological polar surface area (TPSA) is 55.0 Å². The number of nitrogens with one attached hydrogen (secondary N) is 1. The number of hydrogen-bond donors (Lipinski definition) is 1. The molecule has 0 aliphatic carbocycles. The quantitative estimate of drug-likeness (QED) is 0.696. The maximum atomic E-state index is 10.8. The molecule has 1 aromatic heterocycles. The lowest BCUT2D eigenvalue weighted by Crippen LogP contribution is -2.28. The van der Waals surface area contributed by atoms with E-state index in [1.807, 2.05) is 19.9 Å². The van der Waals surface area contributed by atoms with Crippen LogP contribution >= 0.6 is 0 Å². The molecule has 0 bridgehead atoms. The van der Waals surface area contributed by atoms with Gasteiger partial charge in [-0.2, -0.15) is 0 Å².